The summed E-state index contributed by atoms with van der Waals surface area (Å²) in [7, 11) is 1.84. The molecular weight excluding hydrogens is 386 g/mol. The Hall–Kier alpha value is -2.52. The smallest absolute Gasteiger partial charge is 0.237 e. The summed E-state index contributed by atoms with van der Waals surface area (Å²) in [5, 5.41) is 16.0. The minimum atomic E-state index is -0.428. The van der Waals surface area contributed by atoms with Gasteiger partial charge in [0.05, 0.1) is 22.3 Å². The van der Waals surface area contributed by atoms with Gasteiger partial charge in [0.25, 0.3) is 0 Å². The zero-order valence-electron chi connectivity index (χ0n) is 15.4. The predicted octanol–water partition coefficient (Wildman–Crippen LogP) is 2.78. The van der Waals surface area contributed by atoms with Crippen LogP contribution in [0.4, 0.5) is 5.69 Å². The molecule has 10 heteroatoms. The average molecular weight is 406 g/mol. The molecule has 27 heavy (non-hydrogen) atoms. The van der Waals surface area contributed by atoms with Crippen LogP contribution >= 0.6 is 23.4 Å². The van der Waals surface area contributed by atoms with Crippen molar-refractivity contribution in [1.29, 1.82) is 0 Å². The van der Waals surface area contributed by atoms with Gasteiger partial charge in [0.1, 0.15) is 0 Å². The Morgan fingerprint density at radius 3 is 2.70 bits per heavy atom. The molecular formula is C17H20ClN7OS. The minimum Gasteiger partial charge on any atom is -0.335 e. The van der Waals surface area contributed by atoms with Crippen molar-refractivity contribution in [3.63, 3.8) is 0 Å². The average Bonchev–Trinajstić information content (AvgIpc) is 3.09. The molecule has 0 aliphatic heterocycles. The molecule has 3 N–H and O–H groups in total. The number of hydrogen-bond acceptors (Lipinski definition) is 6. The van der Waals surface area contributed by atoms with E-state index < -0.39 is 5.25 Å². The minimum absolute atomic E-state index is 0.161. The van der Waals surface area contributed by atoms with Crippen LogP contribution in [0.3, 0.4) is 0 Å². The number of carbonyl (C=O) groups excluding carboxylic acids is 1. The van der Waals surface area contributed by atoms with Crippen molar-refractivity contribution in [3.05, 3.63) is 40.7 Å². The summed E-state index contributed by atoms with van der Waals surface area (Å²) in [6, 6.07) is 7.19. The standard InChI is InChI=1S/C17H20ClN7OS/c1-9-14(10(2)24(4)23-9)20-16(26)11(3)27-17-22-21-15(25(17)19)12-6-5-7-13(18)8-12/h5-8,11H,19H2,1-4H3,(H,20,26)/t11-/m0/s1. The second kappa shape index (κ2) is 7.61. The van der Waals surface area contributed by atoms with Crippen molar-refractivity contribution < 1.29 is 4.79 Å². The highest BCUT2D eigenvalue weighted by atomic mass is 35.5. The number of aromatic nitrogens is 5. The lowest BCUT2D eigenvalue weighted by molar-refractivity contribution is -0.115. The van der Waals surface area contributed by atoms with Crippen molar-refractivity contribution >= 4 is 35.0 Å². The second-order valence-electron chi connectivity index (χ2n) is 6.11. The van der Waals surface area contributed by atoms with E-state index in [2.05, 4.69) is 20.6 Å². The highest BCUT2D eigenvalue weighted by molar-refractivity contribution is 8.00. The third-order valence-corrected chi connectivity index (χ3v) is 5.45. The molecule has 142 valence electrons. The van der Waals surface area contributed by atoms with Crippen molar-refractivity contribution in [3.8, 4) is 11.4 Å². The number of thioether (sulfide) groups is 1. The molecule has 0 saturated carbocycles. The van der Waals surface area contributed by atoms with Gasteiger partial charge in [-0.25, -0.2) is 4.68 Å². The largest absolute Gasteiger partial charge is 0.335 e. The van der Waals surface area contributed by atoms with E-state index in [1.54, 1.807) is 23.7 Å². The number of halogens is 1. The molecule has 1 amide bonds. The lowest BCUT2D eigenvalue weighted by atomic mass is 10.2. The first-order valence-electron chi connectivity index (χ1n) is 8.22. The van der Waals surface area contributed by atoms with E-state index in [9.17, 15) is 4.79 Å². The van der Waals surface area contributed by atoms with Crippen LogP contribution in [0.15, 0.2) is 29.4 Å². The van der Waals surface area contributed by atoms with E-state index in [0.29, 0.717) is 16.0 Å². The highest BCUT2D eigenvalue weighted by Gasteiger charge is 2.22. The Morgan fingerprint density at radius 1 is 1.33 bits per heavy atom. The molecule has 2 heterocycles. The fourth-order valence-corrected chi connectivity index (χ4v) is 3.53. The van der Waals surface area contributed by atoms with Crippen molar-refractivity contribution in [1.82, 2.24) is 24.7 Å². The van der Waals surface area contributed by atoms with Gasteiger partial charge in [0.2, 0.25) is 11.1 Å². The molecule has 3 aromatic rings. The number of nitrogen functional groups attached to an aromatic ring is 1. The number of nitrogens with one attached hydrogen (secondary N) is 1. The number of anilines is 1. The Kier molecular flexibility index (Phi) is 5.43. The SMILES string of the molecule is Cc1nn(C)c(C)c1NC(=O)[C@H](C)Sc1nnc(-c2cccc(Cl)c2)n1N. The number of nitrogens with two attached hydrogens (primary N) is 1. The summed E-state index contributed by atoms with van der Waals surface area (Å²) < 4.78 is 3.09. The Balaban J connectivity index is 1.74. The maximum atomic E-state index is 12.6. The number of aryl methyl sites for hydroxylation is 2. The lowest BCUT2D eigenvalue weighted by Gasteiger charge is -2.12. The van der Waals surface area contributed by atoms with Gasteiger partial charge in [-0.05, 0) is 32.9 Å². The van der Waals surface area contributed by atoms with Gasteiger partial charge in [0, 0.05) is 17.6 Å². The molecule has 0 aliphatic rings. The van der Waals surface area contributed by atoms with Gasteiger partial charge >= 0.3 is 0 Å². The predicted molar refractivity (Wildman–Crippen MR) is 107 cm³/mol. The number of carbonyl (C=O) groups is 1. The van der Waals surface area contributed by atoms with Crippen LogP contribution in [0.2, 0.25) is 5.02 Å². The molecule has 0 bridgehead atoms. The number of rotatable bonds is 5. The normalized spacial score (nSPS) is 12.2. The molecule has 8 nitrogen and oxygen atoms in total. The van der Waals surface area contributed by atoms with Crippen LogP contribution in [0, 0.1) is 13.8 Å². The van der Waals surface area contributed by atoms with Gasteiger partial charge in [-0.1, -0.05) is 35.5 Å². The van der Waals surface area contributed by atoms with E-state index in [1.807, 2.05) is 33.0 Å². The zero-order valence-corrected chi connectivity index (χ0v) is 17.0. The molecule has 1 aromatic carbocycles. The van der Waals surface area contributed by atoms with Gasteiger partial charge < -0.3 is 11.2 Å². The van der Waals surface area contributed by atoms with E-state index in [1.165, 1.54) is 16.4 Å². The second-order valence-corrected chi connectivity index (χ2v) is 7.85. The number of hydrogen-bond donors (Lipinski definition) is 2. The monoisotopic (exact) mass is 405 g/mol. The summed E-state index contributed by atoms with van der Waals surface area (Å²) in [6.07, 6.45) is 0. The van der Waals surface area contributed by atoms with Crippen LogP contribution in [0.25, 0.3) is 11.4 Å². The Morgan fingerprint density at radius 2 is 2.07 bits per heavy atom. The van der Waals surface area contributed by atoms with Gasteiger partial charge in [-0.3, -0.25) is 9.48 Å². The summed E-state index contributed by atoms with van der Waals surface area (Å²) in [4.78, 5) is 12.6. The molecule has 0 radical (unpaired) electrons. The fourth-order valence-electron chi connectivity index (χ4n) is 2.57. The van der Waals surface area contributed by atoms with Gasteiger partial charge in [0.15, 0.2) is 5.82 Å². The molecule has 0 fully saturated rings. The van der Waals surface area contributed by atoms with Crippen LogP contribution in [0.5, 0.6) is 0 Å². The first kappa shape index (κ1) is 19.2. The Bertz CT molecular complexity index is 997. The number of nitrogens with zero attached hydrogens (tertiary/aromatic N) is 5. The fraction of sp³-hybridized carbons (Fsp3) is 0.294. The van der Waals surface area contributed by atoms with Crippen LogP contribution in [0.1, 0.15) is 18.3 Å². The third-order valence-electron chi connectivity index (χ3n) is 4.16. The molecule has 0 saturated heterocycles. The maximum Gasteiger partial charge on any atom is 0.237 e. The van der Waals surface area contributed by atoms with Crippen molar-refractivity contribution in [2.75, 3.05) is 11.2 Å². The highest BCUT2D eigenvalue weighted by Crippen LogP contribution is 2.27. The lowest BCUT2D eigenvalue weighted by Crippen LogP contribution is -2.24. The van der Waals surface area contributed by atoms with Gasteiger partial charge in [-0.15, -0.1) is 10.2 Å². The summed E-state index contributed by atoms with van der Waals surface area (Å²) in [5.74, 6) is 6.44. The molecule has 2 aromatic heterocycles. The van der Waals surface area contributed by atoms with E-state index in [-0.39, 0.29) is 5.91 Å². The van der Waals surface area contributed by atoms with Gasteiger partial charge in [-0.2, -0.15) is 5.10 Å². The topological polar surface area (TPSA) is 104 Å². The van der Waals surface area contributed by atoms with Crippen LogP contribution < -0.4 is 11.2 Å². The summed E-state index contributed by atoms with van der Waals surface area (Å²) in [6.45, 7) is 5.55. The third kappa shape index (κ3) is 3.93. The van der Waals surface area contributed by atoms with E-state index >= 15 is 0 Å². The van der Waals surface area contributed by atoms with Crippen molar-refractivity contribution in [2.24, 2.45) is 7.05 Å². The quantitative estimate of drug-likeness (QED) is 0.499. The van der Waals surface area contributed by atoms with Crippen molar-refractivity contribution in [2.45, 2.75) is 31.2 Å². The maximum absolute atomic E-state index is 12.6. The molecule has 0 unspecified atom stereocenters. The molecule has 0 aliphatic carbocycles. The van der Waals surface area contributed by atoms with E-state index in [4.69, 9.17) is 17.4 Å². The molecule has 1 atom stereocenters. The number of benzene rings is 1. The first-order chi connectivity index (χ1) is 12.8. The Labute approximate surface area is 166 Å². The molecule has 3 rings (SSSR count). The molecule has 0 spiro atoms. The van der Waals surface area contributed by atoms with Crippen LogP contribution in [-0.4, -0.2) is 35.8 Å². The van der Waals surface area contributed by atoms with Crippen LogP contribution in [-0.2, 0) is 11.8 Å². The first-order valence-corrected chi connectivity index (χ1v) is 9.47. The van der Waals surface area contributed by atoms with E-state index in [0.717, 1.165) is 22.6 Å². The zero-order chi connectivity index (χ0) is 19.7. The summed E-state index contributed by atoms with van der Waals surface area (Å²) >= 11 is 7.25. The summed E-state index contributed by atoms with van der Waals surface area (Å²) in [5.41, 5.74) is 3.14. The number of amides is 1.